The molecule has 0 aliphatic carbocycles. The van der Waals surface area contributed by atoms with Crippen LogP contribution in [0.15, 0.2) is 18.5 Å². The van der Waals surface area contributed by atoms with Crippen molar-refractivity contribution in [3.8, 4) is 0 Å². The van der Waals surface area contributed by atoms with Crippen LogP contribution < -0.4 is 10.2 Å². The Balaban J connectivity index is 2.07. The zero-order chi connectivity index (χ0) is 13.0. The molecule has 100 valence electrons. The summed E-state index contributed by atoms with van der Waals surface area (Å²) in [6.07, 6.45) is 5.02. The number of thioether (sulfide) groups is 1. The van der Waals surface area contributed by atoms with Crippen molar-refractivity contribution in [2.24, 2.45) is 0 Å². The van der Waals surface area contributed by atoms with E-state index in [9.17, 15) is 0 Å². The van der Waals surface area contributed by atoms with Crippen molar-refractivity contribution in [3.63, 3.8) is 0 Å². The third-order valence-electron chi connectivity index (χ3n) is 3.09. The normalized spacial score (nSPS) is 18.7. The summed E-state index contributed by atoms with van der Waals surface area (Å²) in [5.74, 6) is 1.19. The summed E-state index contributed by atoms with van der Waals surface area (Å²) in [6.45, 7) is 10.0. The molecule has 1 aromatic heterocycles. The van der Waals surface area contributed by atoms with Gasteiger partial charge in [-0.05, 0) is 26.3 Å². The van der Waals surface area contributed by atoms with Crippen molar-refractivity contribution in [2.45, 2.75) is 31.9 Å². The van der Waals surface area contributed by atoms with Gasteiger partial charge in [-0.1, -0.05) is 6.92 Å². The lowest BCUT2D eigenvalue weighted by Crippen LogP contribution is -2.43. The maximum atomic E-state index is 4.35. The fourth-order valence-electron chi connectivity index (χ4n) is 2.20. The van der Waals surface area contributed by atoms with Crippen molar-refractivity contribution in [1.82, 2.24) is 4.98 Å². The molecule has 18 heavy (non-hydrogen) atoms. The Morgan fingerprint density at radius 1 is 1.44 bits per heavy atom. The van der Waals surface area contributed by atoms with Gasteiger partial charge in [-0.15, -0.1) is 0 Å². The summed E-state index contributed by atoms with van der Waals surface area (Å²) >= 11 is 2.06. The van der Waals surface area contributed by atoms with E-state index in [-0.39, 0.29) is 0 Å². The average molecular weight is 265 g/mol. The van der Waals surface area contributed by atoms with Crippen LogP contribution in [-0.2, 0) is 0 Å². The van der Waals surface area contributed by atoms with Crippen LogP contribution >= 0.6 is 11.8 Å². The molecule has 3 nitrogen and oxygen atoms in total. The maximum Gasteiger partial charge on any atom is 0.0574 e. The van der Waals surface area contributed by atoms with E-state index >= 15 is 0 Å². The largest absolute Gasteiger partial charge is 0.384 e. The molecule has 2 heterocycles. The van der Waals surface area contributed by atoms with E-state index in [1.165, 1.54) is 11.4 Å². The Morgan fingerprint density at radius 2 is 2.28 bits per heavy atom. The molecule has 1 aromatic rings. The van der Waals surface area contributed by atoms with Crippen LogP contribution in [0.4, 0.5) is 11.4 Å². The highest BCUT2D eigenvalue weighted by atomic mass is 32.2. The molecular weight excluding hydrogens is 242 g/mol. The summed E-state index contributed by atoms with van der Waals surface area (Å²) < 4.78 is 0.338. The lowest BCUT2D eigenvalue weighted by molar-refractivity contribution is 0.647. The quantitative estimate of drug-likeness (QED) is 0.904. The number of hydrogen-bond acceptors (Lipinski definition) is 4. The third kappa shape index (κ3) is 3.55. The molecule has 2 rings (SSSR count). The van der Waals surface area contributed by atoms with Crippen LogP contribution in [0, 0.1) is 0 Å². The van der Waals surface area contributed by atoms with Gasteiger partial charge in [0, 0.05) is 30.1 Å². The number of anilines is 2. The molecule has 1 aliphatic heterocycles. The molecule has 4 heteroatoms. The van der Waals surface area contributed by atoms with Gasteiger partial charge in [0.1, 0.15) is 0 Å². The van der Waals surface area contributed by atoms with Gasteiger partial charge in [-0.3, -0.25) is 4.98 Å². The molecule has 0 unspecified atom stereocenters. The van der Waals surface area contributed by atoms with E-state index in [2.05, 4.69) is 53.8 Å². The predicted octanol–water partition coefficient (Wildman–Crippen LogP) is 3.24. The molecule has 1 aliphatic rings. The Labute approximate surface area is 114 Å². The van der Waals surface area contributed by atoms with Gasteiger partial charge in [0.05, 0.1) is 23.8 Å². The van der Waals surface area contributed by atoms with Crippen LogP contribution in [-0.4, -0.2) is 35.1 Å². The second-order valence-corrected chi connectivity index (χ2v) is 7.19. The second-order valence-electron chi connectivity index (χ2n) is 5.39. The van der Waals surface area contributed by atoms with Crippen LogP contribution in [0.3, 0.4) is 0 Å². The summed E-state index contributed by atoms with van der Waals surface area (Å²) in [4.78, 5) is 6.79. The molecule has 1 fully saturated rings. The summed E-state index contributed by atoms with van der Waals surface area (Å²) in [5, 5.41) is 3.40. The first kappa shape index (κ1) is 13.5. The first-order valence-corrected chi connectivity index (χ1v) is 7.67. The molecule has 0 bridgehead atoms. The Bertz CT molecular complexity index is 392. The maximum absolute atomic E-state index is 4.35. The molecule has 1 saturated heterocycles. The number of nitrogens with zero attached hydrogens (tertiary/aromatic N) is 2. The Hall–Kier alpha value is -0.900. The van der Waals surface area contributed by atoms with Gasteiger partial charge in [0.25, 0.3) is 0 Å². The first-order chi connectivity index (χ1) is 8.61. The van der Waals surface area contributed by atoms with Gasteiger partial charge < -0.3 is 10.2 Å². The minimum atomic E-state index is 0.338. The molecular formula is C14H23N3S. The Kier molecular flexibility index (Phi) is 4.38. The molecule has 0 radical (unpaired) electrons. The van der Waals surface area contributed by atoms with Gasteiger partial charge >= 0.3 is 0 Å². The van der Waals surface area contributed by atoms with E-state index in [4.69, 9.17) is 0 Å². The van der Waals surface area contributed by atoms with Gasteiger partial charge in [0.15, 0.2) is 0 Å². The predicted molar refractivity (Wildman–Crippen MR) is 81.8 cm³/mol. The van der Waals surface area contributed by atoms with Crippen molar-refractivity contribution in [3.05, 3.63) is 18.5 Å². The highest BCUT2D eigenvalue weighted by Gasteiger charge is 2.27. The zero-order valence-corrected chi connectivity index (χ0v) is 12.4. The number of hydrogen-bond donors (Lipinski definition) is 1. The monoisotopic (exact) mass is 265 g/mol. The third-order valence-corrected chi connectivity index (χ3v) is 4.39. The summed E-state index contributed by atoms with van der Waals surface area (Å²) in [5.41, 5.74) is 2.37. The van der Waals surface area contributed by atoms with Crippen LogP contribution in [0.5, 0.6) is 0 Å². The first-order valence-electron chi connectivity index (χ1n) is 6.68. The molecule has 0 aromatic carbocycles. The standard InChI is InChI=1S/C14H23N3S/c1-4-5-16-12-8-13(10-15-9-12)17-6-7-18-14(2,3)11-17/h8-10,16H,4-7,11H2,1-3H3. The number of nitrogens with one attached hydrogen (secondary N) is 1. The molecule has 0 atom stereocenters. The molecule has 0 saturated carbocycles. The Morgan fingerprint density at radius 3 is 3.00 bits per heavy atom. The van der Waals surface area contributed by atoms with E-state index < -0.39 is 0 Å². The van der Waals surface area contributed by atoms with Crippen LogP contribution in [0.25, 0.3) is 0 Å². The van der Waals surface area contributed by atoms with Crippen molar-refractivity contribution >= 4 is 23.1 Å². The zero-order valence-electron chi connectivity index (χ0n) is 11.6. The van der Waals surface area contributed by atoms with Gasteiger partial charge in [-0.25, -0.2) is 0 Å². The van der Waals surface area contributed by atoms with Crippen LogP contribution in [0.2, 0.25) is 0 Å². The van der Waals surface area contributed by atoms with Crippen molar-refractivity contribution in [1.29, 1.82) is 0 Å². The fourth-order valence-corrected chi connectivity index (χ4v) is 3.31. The fraction of sp³-hybridized carbons (Fsp3) is 0.643. The van der Waals surface area contributed by atoms with Crippen molar-refractivity contribution < 1.29 is 0 Å². The topological polar surface area (TPSA) is 28.2 Å². The molecule has 0 amide bonds. The minimum Gasteiger partial charge on any atom is -0.384 e. The molecule has 1 N–H and O–H groups in total. The summed E-state index contributed by atoms with van der Waals surface area (Å²) in [7, 11) is 0. The second kappa shape index (κ2) is 5.83. The highest BCUT2D eigenvalue weighted by molar-refractivity contribution is 8.00. The number of rotatable bonds is 4. The van der Waals surface area contributed by atoms with Crippen LogP contribution in [0.1, 0.15) is 27.2 Å². The lowest BCUT2D eigenvalue weighted by Gasteiger charge is -2.38. The number of aromatic nitrogens is 1. The van der Waals surface area contributed by atoms with Gasteiger partial charge in [0.2, 0.25) is 0 Å². The average Bonchev–Trinajstić information content (AvgIpc) is 2.35. The minimum absolute atomic E-state index is 0.338. The SMILES string of the molecule is CCCNc1cncc(N2CCSC(C)(C)C2)c1. The highest BCUT2D eigenvalue weighted by Crippen LogP contribution is 2.32. The van der Waals surface area contributed by atoms with Gasteiger partial charge in [-0.2, -0.15) is 11.8 Å². The van der Waals surface area contributed by atoms with E-state index in [1.807, 2.05) is 12.4 Å². The smallest absolute Gasteiger partial charge is 0.0574 e. The lowest BCUT2D eigenvalue weighted by atomic mass is 10.1. The van der Waals surface area contributed by atoms with E-state index in [0.717, 1.165) is 31.7 Å². The van der Waals surface area contributed by atoms with E-state index in [0.29, 0.717) is 4.75 Å². The van der Waals surface area contributed by atoms with Crippen molar-refractivity contribution in [2.75, 3.05) is 35.6 Å². The summed E-state index contributed by atoms with van der Waals surface area (Å²) in [6, 6.07) is 2.22. The molecule has 0 spiro atoms. The van der Waals surface area contributed by atoms with E-state index in [1.54, 1.807) is 0 Å². The number of pyridine rings is 1.